The van der Waals surface area contributed by atoms with Crippen molar-refractivity contribution in [3.05, 3.63) is 30.2 Å². The summed E-state index contributed by atoms with van der Waals surface area (Å²) in [5.74, 6) is -0.577. The van der Waals surface area contributed by atoms with Crippen molar-refractivity contribution in [1.29, 1.82) is 0 Å². The van der Waals surface area contributed by atoms with Crippen molar-refractivity contribution >= 4 is 28.4 Å². The summed E-state index contributed by atoms with van der Waals surface area (Å²) in [5, 5.41) is 2.91. The molecule has 2 aromatic heterocycles. The van der Waals surface area contributed by atoms with Crippen LogP contribution in [0.15, 0.2) is 24.5 Å². The molecule has 3 rings (SSSR count). The van der Waals surface area contributed by atoms with Crippen LogP contribution in [0.25, 0.3) is 10.4 Å². The minimum atomic E-state index is -4.45. The fourth-order valence-corrected chi connectivity index (χ4v) is 4.04. The quantitative estimate of drug-likeness (QED) is 0.751. The summed E-state index contributed by atoms with van der Waals surface area (Å²) < 4.78 is 40.0. The van der Waals surface area contributed by atoms with E-state index in [0.717, 1.165) is 25.2 Å². The summed E-state index contributed by atoms with van der Waals surface area (Å²) in [4.78, 5) is 34.4. The molecule has 0 unspecified atom stereocenters. The fourth-order valence-electron chi connectivity index (χ4n) is 3.24. The monoisotopic (exact) mass is 441 g/mol. The van der Waals surface area contributed by atoms with Gasteiger partial charge >= 0.3 is 12.2 Å². The van der Waals surface area contributed by atoms with Gasteiger partial charge in [-0.1, -0.05) is 11.3 Å². The highest BCUT2D eigenvalue weighted by Crippen LogP contribution is 2.41. The van der Waals surface area contributed by atoms with Gasteiger partial charge in [-0.15, -0.1) is 0 Å². The molecule has 0 radical (unpaired) electrons. The summed E-state index contributed by atoms with van der Waals surface area (Å²) >= 11 is 1.11. The van der Waals surface area contributed by atoms with Gasteiger partial charge in [0.15, 0.2) is 5.13 Å². The number of primary amides is 1. The third kappa shape index (κ3) is 3.85. The summed E-state index contributed by atoms with van der Waals surface area (Å²) in [6.07, 6.45) is -0.525. The predicted octanol–water partition coefficient (Wildman–Crippen LogP) is 3.92. The number of thiazole rings is 1. The number of carbonyl (C=O) groups is 2. The van der Waals surface area contributed by atoms with Crippen molar-refractivity contribution in [1.82, 2.24) is 14.9 Å². The second kappa shape index (κ2) is 7.53. The highest BCUT2D eigenvalue weighted by Gasteiger charge is 2.49. The van der Waals surface area contributed by atoms with E-state index in [1.807, 2.05) is 0 Å². The molecule has 0 saturated carbocycles. The molecule has 2 aromatic rings. The van der Waals surface area contributed by atoms with Crippen LogP contribution >= 0.6 is 11.3 Å². The molecule has 3 N–H and O–H groups in total. The summed E-state index contributed by atoms with van der Waals surface area (Å²) in [6, 6.07) is 2.46. The van der Waals surface area contributed by atoms with E-state index >= 15 is 0 Å². The minimum Gasteiger partial charge on any atom is -0.368 e. The van der Waals surface area contributed by atoms with Gasteiger partial charge < -0.3 is 10.6 Å². The Morgan fingerprint density at radius 3 is 2.63 bits per heavy atom. The van der Waals surface area contributed by atoms with Gasteiger partial charge in [-0.25, -0.2) is 9.78 Å². The lowest BCUT2D eigenvalue weighted by molar-refractivity contribution is -0.181. The van der Waals surface area contributed by atoms with Crippen molar-refractivity contribution < 1.29 is 22.8 Å². The fraction of sp³-hybridized carbons (Fsp3) is 0.474. The Hall–Kier alpha value is -2.69. The number of rotatable bonds is 4. The maximum absolute atomic E-state index is 13.3. The number of hydrogen-bond donors (Lipinski definition) is 2. The topological polar surface area (TPSA) is 101 Å². The third-order valence-corrected chi connectivity index (χ3v) is 6.49. The molecular weight excluding hydrogens is 419 g/mol. The number of amides is 3. The molecule has 0 aliphatic carbocycles. The zero-order valence-electron chi connectivity index (χ0n) is 16.7. The molecular formula is C19H22F3N5O2S. The van der Waals surface area contributed by atoms with Crippen LogP contribution in [0, 0.1) is 0 Å². The van der Waals surface area contributed by atoms with E-state index < -0.39 is 29.1 Å². The lowest BCUT2D eigenvalue weighted by Crippen LogP contribution is -2.55. The summed E-state index contributed by atoms with van der Waals surface area (Å²) in [6.45, 7) is 4.16. The lowest BCUT2D eigenvalue weighted by Gasteiger charge is -2.31. The Labute approximate surface area is 175 Å². The van der Waals surface area contributed by atoms with Crippen molar-refractivity contribution in [2.45, 2.75) is 50.7 Å². The van der Waals surface area contributed by atoms with Gasteiger partial charge in [-0.05, 0) is 51.3 Å². The number of aromatic nitrogens is 2. The zero-order chi connectivity index (χ0) is 22.3. The number of nitrogens with one attached hydrogen (secondary N) is 1. The standard InChI is InChI=1S/C19H22F3N5O2S/c1-17(2,19(20,21)22)13-9-11(5-7-24-13)12-10-25-15(30-12)26-16(29)27-8-4-6-18(27,3)14(23)28/h5,7,9-10H,4,6,8H2,1-3H3,(H2,23,28)(H,25,26,29)/t18-/m0/s1. The second-order valence-electron chi connectivity index (χ2n) is 7.91. The molecule has 3 amide bonds. The van der Waals surface area contributed by atoms with E-state index in [1.54, 1.807) is 13.0 Å². The van der Waals surface area contributed by atoms with Gasteiger partial charge in [0.1, 0.15) is 11.0 Å². The number of anilines is 1. The third-order valence-electron chi connectivity index (χ3n) is 5.53. The molecule has 7 nitrogen and oxygen atoms in total. The van der Waals surface area contributed by atoms with E-state index in [1.165, 1.54) is 23.4 Å². The van der Waals surface area contributed by atoms with Crippen LogP contribution in [0.1, 0.15) is 39.3 Å². The average molecular weight is 441 g/mol. The number of alkyl halides is 3. The SMILES string of the molecule is CC(C)(c1cc(-c2cnc(NC(=O)N3CCC[C@@]3(C)C(N)=O)s2)ccn1)C(F)(F)F. The number of likely N-dealkylation sites (tertiary alicyclic amines) is 1. The number of nitrogens with zero attached hydrogens (tertiary/aromatic N) is 3. The van der Waals surface area contributed by atoms with E-state index in [9.17, 15) is 22.8 Å². The Kier molecular flexibility index (Phi) is 5.52. The molecule has 1 aliphatic rings. The molecule has 1 saturated heterocycles. The van der Waals surface area contributed by atoms with Crippen molar-refractivity contribution in [2.24, 2.45) is 5.73 Å². The van der Waals surface area contributed by atoms with Crippen molar-refractivity contribution in [3.63, 3.8) is 0 Å². The average Bonchev–Trinajstić information content (AvgIpc) is 3.28. The van der Waals surface area contributed by atoms with E-state index in [4.69, 9.17) is 5.73 Å². The number of hydrogen-bond acceptors (Lipinski definition) is 5. The predicted molar refractivity (Wildman–Crippen MR) is 107 cm³/mol. The Bertz CT molecular complexity index is 975. The molecule has 0 spiro atoms. The number of nitrogens with two attached hydrogens (primary N) is 1. The van der Waals surface area contributed by atoms with Gasteiger partial charge in [-0.3, -0.25) is 15.1 Å². The summed E-state index contributed by atoms with van der Waals surface area (Å²) in [7, 11) is 0. The lowest BCUT2D eigenvalue weighted by atomic mass is 9.87. The minimum absolute atomic E-state index is 0.110. The van der Waals surface area contributed by atoms with Gasteiger partial charge in [0.05, 0.1) is 10.6 Å². The number of carbonyl (C=O) groups excluding carboxylic acids is 2. The van der Waals surface area contributed by atoms with Crippen molar-refractivity contribution in [3.8, 4) is 10.4 Å². The second-order valence-corrected chi connectivity index (χ2v) is 8.94. The molecule has 11 heteroatoms. The first-order valence-corrected chi connectivity index (χ1v) is 10.1. The smallest absolute Gasteiger partial charge is 0.368 e. The largest absolute Gasteiger partial charge is 0.399 e. The van der Waals surface area contributed by atoms with Crippen LogP contribution < -0.4 is 11.1 Å². The van der Waals surface area contributed by atoms with Crippen molar-refractivity contribution in [2.75, 3.05) is 11.9 Å². The Balaban J connectivity index is 1.80. The number of pyridine rings is 1. The maximum atomic E-state index is 13.3. The number of halogens is 3. The van der Waals surface area contributed by atoms with Gasteiger partial charge in [-0.2, -0.15) is 13.2 Å². The van der Waals surface area contributed by atoms with Gasteiger partial charge in [0.2, 0.25) is 5.91 Å². The first kappa shape index (κ1) is 22.0. The van der Waals surface area contributed by atoms with Crippen LogP contribution in [-0.4, -0.2) is 45.1 Å². The van der Waals surface area contributed by atoms with Gasteiger partial charge in [0.25, 0.3) is 0 Å². The molecule has 30 heavy (non-hydrogen) atoms. The Morgan fingerprint density at radius 2 is 2.00 bits per heavy atom. The number of urea groups is 1. The van der Waals surface area contributed by atoms with E-state index in [-0.39, 0.29) is 10.8 Å². The molecule has 1 aliphatic heterocycles. The molecule has 1 atom stereocenters. The normalized spacial score (nSPS) is 19.7. The van der Waals surface area contributed by atoms with Crippen LogP contribution in [0.2, 0.25) is 0 Å². The molecule has 0 aromatic carbocycles. The molecule has 3 heterocycles. The molecule has 162 valence electrons. The molecule has 1 fully saturated rings. The van der Waals surface area contributed by atoms with Crippen LogP contribution in [0.4, 0.5) is 23.1 Å². The maximum Gasteiger partial charge on any atom is 0.399 e. The molecule has 0 bridgehead atoms. The summed E-state index contributed by atoms with van der Waals surface area (Å²) in [5.41, 5.74) is 2.68. The van der Waals surface area contributed by atoms with E-state index in [0.29, 0.717) is 29.8 Å². The van der Waals surface area contributed by atoms with E-state index in [2.05, 4.69) is 15.3 Å². The highest BCUT2D eigenvalue weighted by molar-refractivity contribution is 7.19. The zero-order valence-corrected chi connectivity index (χ0v) is 17.5. The van der Waals surface area contributed by atoms with Gasteiger partial charge in [0, 0.05) is 18.9 Å². The van der Waals surface area contributed by atoms with Crippen LogP contribution in [-0.2, 0) is 10.2 Å². The first-order valence-electron chi connectivity index (χ1n) is 9.24. The Morgan fingerprint density at radius 1 is 1.30 bits per heavy atom. The highest BCUT2D eigenvalue weighted by atomic mass is 32.1. The van der Waals surface area contributed by atoms with Crippen LogP contribution in [0.5, 0.6) is 0 Å². The van der Waals surface area contributed by atoms with Crippen LogP contribution in [0.3, 0.4) is 0 Å². The first-order chi connectivity index (χ1) is 13.9.